The number of nitrogens with zero attached hydrogens (tertiary/aromatic N) is 2. The van der Waals surface area contributed by atoms with Crippen molar-refractivity contribution in [2.75, 3.05) is 6.54 Å². The average molecular weight is 384 g/mol. The lowest BCUT2D eigenvalue weighted by molar-refractivity contribution is -0.171. The van der Waals surface area contributed by atoms with Crippen LogP contribution in [0.15, 0.2) is 42.5 Å². The molecule has 2 heterocycles. The van der Waals surface area contributed by atoms with Crippen LogP contribution in [0.3, 0.4) is 0 Å². The summed E-state index contributed by atoms with van der Waals surface area (Å²) in [6.07, 6.45) is -2.32. The molecule has 0 bridgehead atoms. The number of rotatable bonds is 5. The molecule has 1 aliphatic heterocycles. The Morgan fingerprint density at radius 3 is 2.57 bits per heavy atom. The van der Waals surface area contributed by atoms with Crippen molar-refractivity contribution < 1.29 is 19.7 Å². The van der Waals surface area contributed by atoms with E-state index in [0.29, 0.717) is 0 Å². The van der Waals surface area contributed by atoms with E-state index in [-0.39, 0.29) is 5.69 Å². The molecule has 2 N–H and O–H groups in total. The molecule has 1 aromatic heterocycles. The van der Waals surface area contributed by atoms with Crippen molar-refractivity contribution in [3.05, 3.63) is 65.0 Å². The Kier molecular flexibility index (Phi) is 6.13. The van der Waals surface area contributed by atoms with Crippen LogP contribution < -0.4 is 0 Å². The number of carbonyl (C=O) groups excluding carboxylic acids is 1. The van der Waals surface area contributed by atoms with Crippen molar-refractivity contribution in [2.24, 2.45) is 0 Å². The van der Waals surface area contributed by atoms with E-state index in [1.165, 1.54) is 5.56 Å². The summed E-state index contributed by atoms with van der Waals surface area (Å²) in [5.41, 5.74) is 2.82. The maximum absolute atomic E-state index is 12.0. The van der Waals surface area contributed by atoms with E-state index in [0.717, 1.165) is 37.3 Å². The Hall–Kier alpha value is -2.28. The molecule has 6 nitrogen and oxygen atoms in total. The molecular weight excluding hydrogens is 356 g/mol. The number of aromatic nitrogens is 1. The lowest BCUT2D eigenvalue weighted by Gasteiger charge is -2.29. The lowest BCUT2D eigenvalue weighted by Crippen LogP contribution is -2.36. The van der Waals surface area contributed by atoms with Gasteiger partial charge >= 0.3 is 5.97 Å². The van der Waals surface area contributed by atoms with Crippen molar-refractivity contribution in [1.82, 2.24) is 9.88 Å². The smallest absolute Gasteiger partial charge is 0.338 e. The summed E-state index contributed by atoms with van der Waals surface area (Å²) < 4.78 is 5.14. The monoisotopic (exact) mass is 384 g/mol. The van der Waals surface area contributed by atoms with Crippen LogP contribution in [0.5, 0.6) is 0 Å². The van der Waals surface area contributed by atoms with E-state index in [1.54, 1.807) is 26.8 Å². The SMILES string of the molecule is CC(C)(C)OC(=O)[C@H](O)[C@H](O)c1ccc2c(n1)CCN(Cc1ccccc1)C2. The van der Waals surface area contributed by atoms with Gasteiger partial charge in [-0.1, -0.05) is 36.4 Å². The van der Waals surface area contributed by atoms with Gasteiger partial charge in [-0.3, -0.25) is 9.88 Å². The first-order valence-electron chi connectivity index (χ1n) is 9.57. The van der Waals surface area contributed by atoms with Crippen LogP contribution in [-0.2, 0) is 29.0 Å². The number of aliphatic hydroxyl groups excluding tert-OH is 2. The van der Waals surface area contributed by atoms with Crippen LogP contribution in [-0.4, -0.2) is 44.3 Å². The molecule has 6 heteroatoms. The molecule has 0 radical (unpaired) electrons. The number of pyridine rings is 1. The third kappa shape index (κ3) is 5.16. The molecule has 0 aliphatic carbocycles. The van der Waals surface area contributed by atoms with Crippen molar-refractivity contribution in [3.63, 3.8) is 0 Å². The topological polar surface area (TPSA) is 82.9 Å². The van der Waals surface area contributed by atoms with Gasteiger partial charge in [0.25, 0.3) is 0 Å². The van der Waals surface area contributed by atoms with E-state index in [4.69, 9.17) is 4.74 Å². The Bertz CT molecular complexity index is 817. The first kappa shape index (κ1) is 20.5. The average Bonchev–Trinajstić information content (AvgIpc) is 2.66. The number of fused-ring (bicyclic) bond motifs is 1. The minimum atomic E-state index is -1.66. The van der Waals surface area contributed by atoms with Gasteiger partial charge in [0, 0.05) is 31.7 Å². The molecule has 0 fully saturated rings. The van der Waals surface area contributed by atoms with Crippen LogP contribution in [0.1, 0.15) is 49.4 Å². The molecule has 150 valence electrons. The number of ether oxygens (including phenoxy) is 1. The summed E-state index contributed by atoms with van der Waals surface area (Å²) in [6, 6.07) is 13.9. The van der Waals surface area contributed by atoms with Gasteiger partial charge < -0.3 is 14.9 Å². The molecule has 0 amide bonds. The summed E-state index contributed by atoms with van der Waals surface area (Å²) in [6.45, 7) is 7.65. The third-order valence-electron chi connectivity index (χ3n) is 4.65. The molecule has 1 aliphatic rings. The van der Waals surface area contributed by atoms with Crippen LogP contribution in [0.4, 0.5) is 0 Å². The number of carbonyl (C=O) groups is 1. The molecule has 0 spiro atoms. The standard InChI is InChI=1S/C22H28N2O4/c1-22(2,3)28-21(27)20(26)19(25)18-10-9-16-14-24(12-11-17(16)23-18)13-15-7-5-4-6-8-15/h4-10,19-20,25-26H,11-14H2,1-3H3/t19-,20-/m1/s1. The highest BCUT2D eigenvalue weighted by atomic mass is 16.6. The maximum atomic E-state index is 12.0. The Morgan fingerprint density at radius 2 is 1.89 bits per heavy atom. The zero-order valence-corrected chi connectivity index (χ0v) is 16.6. The fourth-order valence-electron chi connectivity index (χ4n) is 3.29. The van der Waals surface area contributed by atoms with Crippen LogP contribution >= 0.6 is 0 Å². The van der Waals surface area contributed by atoms with E-state index < -0.39 is 23.8 Å². The molecule has 2 atom stereocenters. The first-order valence-corrected chi connectivity index (χ1v) is 9.57. The fraction of sp³-hybridized carbons (Fsp3) is 0.455. The Morgan fingerprint density at radius 1 is 1.18 bits per heavy atom. The summed E-state index contributed by atoms with van der Waals surface area (Å²) in [5, 5.41) is 20.5. The van der Waals surface area contributed by atoms with Gasteiger partial charge in [0.15, 0.2) is 6.10 Å². The third-order valence-corrected chi connectivity index (χ3v) is 4.65. The quantitative estimate of drug-likeness (QED) is 0.770. The highest BCUT2D eigenvalue weighted by Crippen LogP contribution is 2.24. The number of aliphatic hydroxyl groups is 2. The van der Waals surface area contributed by atoms with Gasteiger partial charge in [-0.25, -0.2) is 4.79 Å². The molecule has 28 heavy (non-hydrogen) atoms. The number of hydrogen-bond donors (Lipinski definition) is 2. The van der Waals surface area contributed by atoms with E-state index in [1.807, 2.05) is 24.3 Å². The second-order valence-corrected chi connectivity index (χ2v) is 8.21. The molecule has 1 aromatic carbocycles. The highest BCUT2D eigenvalue weighted by Gasteiger charge is 2.31. The van der Waals surface area contributed by atoms with Crippen molar-refractivity contribution >= 4 is 5.97 Å². The summed E-state index contributed by atoms with van der Waals surface area (Å²) in [5.74, 6) is -0.853. The van der Waals surface area contributed by atoms with Gasteiger partial charge in [0.2, 0.25) is 0 Å². The van der Waals surface area contributed by atoms with E-state index >= 15 is 0 Å². The van der Waals surface area contributed by atoms with Crippen LogP contribution in [0.25, 0.3) is 0 Å². The fourth-order valence-corrected chi connectivity index (χ4v) is 3.29. The Labute approximate surface area is 165 Å². The predicted octanol–water partition coefficient (Wildman–Crippen LogP) is 2.38. The van der Waals surface area contributed by atoms with Gasteiger partial charge in [0.05, 0.1) is 5.69 Å². The lowest BCUT2D eigenvalue weighted by atomic mass is 10.0. The van der Waals surface area contributed by atoms with Crippen molar-refractivity contribution in [1.29, 1.82) is 0 Å². The number of esters is 1. The van der Waals surface area contributed by atoms with E-state index in [9.17, 15) is 15.0 Å². The number of benzene rings is 1. The molecular formula is C22H28N2O4. The van der Waals surface area contributed by atoms with Crippen LogP contribution in [0.2, 0.25) is 0 Å². The molecule has 2 aromatic rings. The van der Waals surface area contributed by atoms with Gasteiger partial charge in [-0.15, -0.1) is 0 Å². The van der Waals surface area contributed by atoms with Gasteiger partial charge in [-0.05, 0) is 38.0 Å². The normalized spacial score (nSPS) is 16.9. The predicted molar refractivity (Wildman–Crippen MR) is 105 cm³/mol. The largest absolute Gasteiger partial charge is 0.458 e. The molecule has 0 unspecified atom stereocenters. The second-order valence-electron chi connectivity index (χ2n) is 8.21. The molecule has 0 saturated carbocycles. The first-order chi connectivity index (χ1) is 13.2. The number of hydrogen-bond acceptors (Lipinski definition) is 6. The maximum Gasteiger partial charge on any atom is 0.338 e. The minimum Gasteiger partial charge on any atom is -0.458 e. The second kappa shape index (κ2) is 8.39. The van der Waals surface area contributed by atoms with Crippen molar-refractivity contribution in [3.8, 4) is 0 Å². The van der Waals surface area contributed by atoms with Gasteiger partial charge in [0.1, 0.15) is 11.7 Å². The van der Waals surface area contributed by atoms with Crippen molar-refractivity contribution in [2.45, 2.75) is 58.1 Å². The summed E-state index contributed by atoms with van der Waals surface area (Å²) in [4.78, 5) is 18.9. The Balaban J connectivity index is 1.66. The molecule has 0 saturated heterocycles. The molecule has 3 rings (SSSR count). The van der Waals surface area contributed by atoms with Gasteiger partial charge in [-0.2, -0.15) is 0 Å². The zero-order chi connectivity index (χ0) is 20.3. The highest BCUT2D eigenvalue weighted by molar-refractivity contribution is 5.75. The minimum absolute atomic E-state index is 0.286. The van der Waals surface area contributed by atoms with Crippen LogP contribution in [0, 0.1) is 0 Å². The zero-order valence-electron chi connectivity index (χ0n) is 16.6. The van der Waals surface area contributed by atoms with E-state index in [2.05, 4.69) is 22.0 Å². The summed E-state index contributed by atoms with van der Waals surface area (Å²) >= 11 is 0. The summed E-state index contributed by atoms with van der Waals surface area (Å²) in [7, 11) is 0.